The van der Waals surface area contributed by atoms with Crippen LogP contribution in [-0.4, -0.2) is 56.5 Å². The third kappa shape index (κ3) is 6.59. The first-order valence-electron chi connectivity index (χ1n) is 9.60. The van der Waals surface area contributed by atoms with E-state index in [2.05, 4.69) is 10.6 Å². The molecule has 2 aromatic rings. The van der Waals surface area contributed by atoms with Gasteiger partial charge in [-0.2, -0.15) is 0 Å². The van der Waals surface area contributed by atoms with Crippen LogP contribution in [0.2, 0.25) is 0 Å². The van der Waals surface area contributed by atoms with Crippen LogP contribution in [0, 0.1) is 0 Å². The summed E-state index contributed by atoms with van der Waals surface area (Å²) in [6.45, 7) is 2.57. The first-order valence-corrected chi connectivity index (χ1v) is 9.60. The monoisotopic (exact) mass is 413 g/mol. The van der Waals surface area contributed by atoms with Gasteiger partial charge in [-0.15, -0.1) is 0 Å². The topological polar surface area (TPSA) is 97.0 Å². The molecule has 2 amide bonds. The summed E-state index contributed by atoms with van der Waals surface area (Å²) in [5.74, 6) is -0.557. The molecule has 0 fully saturated rings. The van der Waals surface area contributed by atoms with Gasteiger partial charge in [0.1, 0.15) is 5.75 Å². The summed E-state index contributed by atoms with van der Waals surface area (Å²) in [6.07, 6.45) is 0.772. The third-order valence-electron chi connectivity index (χ3n) is 4.26. The number of benzene rings is 2. The van der Waals surface area contributed by atoms with Crippen molar-refractivity contribution in [2.45, 2.75) is 13.3 Å². The summed E-state index contributed by atoms with van der Waals surface area (Å²) >= 11 is 0. The second-order valence-electron chi connectivity index (χ2n) is 6.54. The van der Waals surface area contributed by atoms with Crippen LogP contribution in [-0.2, 0) is 14.3 Å². The number of esters is 1. The normalized spacial score (nSPS) is 10.4. The fourth-order valence-corrected chi connectivity index (χ4v) is 2.94. The van der Waals surface area contributed by atoms with Crippen LogP contribution in [0.3, 0.4) is 0 Å². The van der Waals surface area contributed by atoms with E-state index in [1.54, 1.807) is 47.4 Å². The largest absolute Gasteiger partial charge is 0.495 e. The summed E-state index contributed by atoms with van der Waals surface area (Å²) in [5.41, 5.74) is 1.20. The van der Waals surface area contributed by atoms with Gasteiger partial charge in [0.2, 0.25) is 11.8 Å². The van der Waals surface area contributed by atoms with Gasteiger partial charge in [-0.3, -0.25) is 14.5 Å². The van der Waals surface area contributed by atoms with Gasteiger partial charge in [-0.25, -0.2) is 4.79 Å². The molecule has 8 heteroatoms. The van der Waals surface area contributed by atoms with E-state index in [4.69, 9.17) is 9.47 Å². The fraction of sp³-hybridized carbons (Fsp3) is 0.318. The summed E-state index contributed by atoms with van der Waals surface area (Å²) in [6, 6.07) is 13.7. The Hall–Kier alpha value is -3.39. The predicted molar refractivity (Wildman–Crippen MR) is 115 cm³/mol. The number of anilines is 2. The molecule has 30 heavy (non-hydrogen) atoms. The lowest BCUT2D eigenvalue weighted by atomic mass is 10.2. The molecule has 0 heterocycles. The molecule has 0 aliphatic rings. The number of methoxy groups -OCH3 is 2. The number of hydrogen-bond acceptors (Lipinski definition) is 6. The molecule has 2 N–H and O–H groups in total. The average molecular weight is 413 g/mol. The average Bonchev–Trinajstić information content (AvgIpc) is 2.74. The van der Waals surface area contributed by atoms with Gasteiger partial charge in [0.25, 0.3) is 0 Å². The molecular formula is C22H27N3O5. The second-order valence-corrected chi connectivity index (χ2v) is 6.54. The maximum Gasteiger partial charge on any atom is 0.339 e. The Morgan fingerprint density at radius 3 is 2.03 bits per heavy atom. The number of para-hydroxylation sites is 3. The van der Waals surface area contributed by atoms with Crippen molar-refractivity contribution in [1.82, 2.24) is 4.90 Å². The summed E-state index contributed by atoms with van der Waals surface area (Å²) in [4.78, 5) is 38.6. The van der Waals surface area contributed by atoms with Gasteiger partial charge >= 0.3 is 5.97 Å². The highest BCUT2D eigenvalue weighted by atomic mass is 16.5. The Bertz CT molecular complexity index is 885. The van der Waals surface area contributed by atoms with Crippen LogP contribution in [0.1, 0.15) is 23.7 Å². The van der Waals surface area contributed by atoms with Gasteiger partial charge in [-0.1, -0.05) is 31.2 Å². The van der Waals surface area contributed by atoms with Crippen molar-refractivity contribution in [2.24, 2.45) is 0 Å². The number of hydrogen-bond donors (Lipinski definition) is 2. The summed E-state index contributed by atoms with van der Waals surface area (Å²) in [5, 5.41) is 5.53. The zero-order valence-corrected chi connectivity index (χ0v) is 17.4. The molecule has 0 spiro atoms. The lowest BCUT2D eigenvalue weighted by Crippen LogP contribution is -2.39. The smallest absolute Gasteiger partial charge is 0.339 e. The molecular weight excluding hydrogens is 386 g/mol. The Morgan fingerprint density at radius 2 is 1.43 bits per heavy atom. The second kappa shape index (κ2) is 11.6. The number of amides is 2. The van der Waals surface area contributed by atoms with Crippen molar-refractivity contribution in [2.75, 3.05) is 44.5 Å². The first-order chi connectivity index (χ1) is 14.5. The van der Waals surface area contributed by atoms with E-state index in [1.807, 2.05) is 13.0 Å². The van der Waals surface area contributed by atoms with Crippen molar-refractivity contribution in [1.29, 1.82) is 0 Å². The molecule has 160 valence electrons. The maximum atomic E-state index is 12.5. The number of carbonyl (C=O) groups excluding carboxylic acids is 3. The summed E-state index contributed by atoms with van der Waals surface area (Å²) < 4.78 is 9.98. The quantitative estimate of drug-likeness (QED) is 0.582. The molecule has 0 atom stereocenters. The van der Waals surface area contributed by atoms with Crippen molar-refractivity contribution < 1.29 is 23.9 Å². The Morgan fingerprint density at radius 1 is 0.867 bits per heavy atom. The first kappa shape index (κ1) is 22.9. The van der Waals surface area contributed by atoms with Crippen LogP contribution >= 0.6 is 0 Å². The Kier molecular flexibility index (Phi) is 8.83. The minimum absolute atomic E-state index is 0.00267. The van der Waals surface area contributed by atoms with E-state index in [0.29, 0.717) is 23.7 Å². The van der Waals surface area contributed by atoms with Crippen LogP contribution < -0.4 is 15.4 Å². The molecule has 2 aromatic carbocycles. The van der Waals surface area contributed by atoms with Crippen LogP contribution in [0.4, 0.5) is 11.4 Å². The minimum atomic E-state index is -0.535. The van der Waals surface area contributed by atoms with Crippen LogP contribution in [0.25, 0.3) is 0 Å². The number of ether oxygens (including phenoxy) is 2. The zero-order valence-electron chi connectivity index (χ0n) is 17.4. The van der Waals surface area contributed by atoms with E-state index in [1.165, 1.54) is 14.2 Å². The standard InChI is InChI=1S/C22H27N3O5/c1-4-13-25(15-21(27)24-18-11-7-8-12-19(18)29-2)14-20(26)23-17-10-6-5-9-16(17)22(28)30-3/h5-12H,4,13-15H2,1-3H3,(H,23,26)(H,24,27). The van der Waals surface area contributed by atoms with E-state index in [-0.39, 0.29) is 30.5 Å². The Balaban J connectivity index is 2.00. The maximum absolute atomic E-state index is 12.5. The number of rotatable bonds is 10. The lowest BCUT2D eigenvalue weighted by molar-refractivity contribution is -0.120. The highest BCUT2D eigenvalue weighted by Crippen LogP contribution is 2.23. The van der Waals surface area contributed by atoms with Crippen molar-refractivity contribution in [3.63, 3.8) is 0 Å². The number of carbonyl (C=O) groups is 3. The molecule has 8 nitrogen and oxygen atoms in total. The molecule has 0 saturated heterocycles. The SMILES string of the molecule is CCCN(CC(=O)Nc1ccccc1OC)CC(=O)Nc1ccccc1C(=O)OC. The zero-order chi connectivity index (χ0) is 21.9. The predicted octanol–water partition coefficient (Wildman–Crippen LogP) is 2.77. The molecule has 0 aliphatic carbocycles. The highest BCUT2D eigenvalue weighted by molar-refractivity contribution is 6.02. The number of nitrogens with zero attached hydrogens (tertiary/aromatic N) is 1. The van der Waals surface area contributed by atoms with E-state index in [9.17, 15) is 14.4 Å². The van der Waals surface area contributed by atoms with Crippen molar-refractivity contribution in [3.8, 4) is 5.75 Å². The van der Waals surface area contributed by atoms with Crippen molar-refractivity contribution in [3.05, 3.63) is 54.1 Å². The Labute approximate surface area is 176 Å². The third-order valence-corrected chi connectivity index (χ3v) is 4.26. The van der Waals surface area contributed by atoms with Gasteiger partial charge < -0.3 is 20.1 Å². The van der Waals surface area contributed by atoms with Gasteiger partial charge in [0.05, 0.1) is 44.2 Å². The van der Waals surface area contributed by atoms with Crippen molar-refractivity contribution >= 4 is 29.2 Å². The molecule has 0 radical (unpaired) electrons. The van der Waals surface area contributed by atoms with E-state index in [0.717, 1.165) is 6.42 Å². The molecule has 0 unspecified atom stereocenters. The summed E-state index contributed by atoms with van der Waals surface area (Å²) in [7, 11) is 2.81. The highest BCUT2D eigenvalue weighted by Gasteiger charge is 2.18. The minimum Gasteiger partial charge on any atom is -0.495 e. The lowest BCUT2D eigenvalue weighted by Gasteiger charge is -2.21. The van der Waals surface area contributed by atoms with E-state index >= 15 is 0 Å². The molecule has 2 rings (SSSR count). The molecule has 0 aliphatic heterocycles. The van der Waals surface area contributed by atoms with Crippen LogP contribution in [0.5, 0.6) is 5.75 Å². The van der Waals surface area contributed by atoms with Gasteiger partial charge in [-0.05, 0) is 37.2 Å². The van der Waals surface area contributed by atoms with Crippen LogP contribution in [0.15, 0.2) is 48.5 Å². The molecule has 0 bridgehead atoms. The van der Waals surface area contributed by atoms with Gasteiger partial charge in [0.15, 0.2) is 0 Å². The van der Waals surface area contributed by atoms with E-state index < -0.39 is 5.97 Å². The fourth-order valence-electron chi connectivity index (χ4n) is 2.94. The van der Waals surface area contributed by atoms with Gasteiger partial charge in [0, 0.05) is 0 Å². The molecule has 0 aromatic heterocycles. The number of nitrogens with one attached hydrogen (secondary N) is 2. The molecule has 0 saturated carbocycles.